The topological polar surface area (TPSA) is 83.4 Å². The van der Waals surface area contributed by atoms with E-state index < -0.39 is 10.0 Å². The number of halogens is 1. The van der Waals surface area contributed by atoms with E-state index in [1.54, 1.807) is 30.5 Å². The molecule has 8 nitrogen and oxygen atoms in total. The first kappa shape index (κ1) is 21.7. The van der Waals surface area contributed by atoms with Gasteiger partial charge in [0.1, 0.15) is 4.90 Å². The summed E-state index contributed by atoms with van der Waals surface area (Å²) in [4.78, 5) is 13.5. The monoisotopic (exact) mass is 482 g/mol. The molecule has 1 aliphatic rings. The number of hydrogen-bond acceptors (Lipinski definition) is 7. The molecule has 0 atom stereocenters. The Balaban J connectivity index is 1.41. The average Bonchev–Trinajstić information content (AvgIpc) is 3.25. The minimum absolute atomic E-state index is 0.0248. The molecule has 0 bridgehead atoms. The summed E-state index contributed by atoms with van der Waals surface area (Å²) in [6.07, 6.45) is 3.06. The molecule has 1 fully saturated rings. The first-order valence-electron chi connectivity index (χ1n) is 10.6. The summed E-state index contributed by atoms with van der Waals surface area (Å²) in [7, 11) is -1.77. The van der Waals surface area contributed by atoms with Crippen molar-refractivity contribution in [3.8, 4) is 0 Å². The van der Waals surface area contributed by atoms with Crippen LogP contribution >= 0.6 is 11.6 Å². The Morgan fingerprint density at radius 1 is 0.970 bits per heavy atom. The van der Waals surface area contributed by atoms with Crippen LogP contribution in [0.4, 0.5) is 17.3 Å². The van der Waals surface area contributed by atoms with E-state index in [1.807, 2.05) is 12.1 Å². The van der Waals surface area contributed by atoms with Gasteiger partial charge in [-0.25, -0.2) is 17.4 Å². The second-order valence-corrected chi connectivity index (χ2v) is 10.2. The fourth-order valence-corrected chi connectivity index (χ4v) is 5.66. The van der Waals surface area contributed by atoms with Gasteiger partial charge in [-0.3, -0.25) is 0 Å². The van der Waals surface area contributed by atoms with Crippen molar-refractivity contribution in [3.05, 3.63) is 72.0 Å². The number of piperazine rings is 1. The predicted octanol–water partition coefficient (Wildman–Crippen LogP) is 3.82. The Morgan fingerprint density at radius 2 is 1.70 bits per heavy atom. The van der Waals surface area contributed by atoms with Gasteiger partial charge in [-0.05, 0) is 49.5 Å². The highest BCUT2D eigenvalue weighted by Gasteiger charge is 2.22. The largest absolute Gasteiger partial charge is 0.369 e. The lowest BCUT2D eigenvalue weighted by Crippen LogP contribution is -2.44. The van der Waals surface area contributed by atoms with Crippen molar-refractivity contribution >= 4 is 50.0 Å². The van der Waals surface area contributed by atoms with Crippen LogP contribution < -0.4 is 10.2 Å². The van der Waals surface area contributed by atoms with E-state index in [4.69, 9.17) is 11.6 Å². The summed E-state index contributed by atoms with van der Waals surface area (Å²) in [6.45, 7) is 4.09. The van der Waals surface area contributed by atoms with Gasteiger partial charge in [0.2, 0.25) is 5.95 Å². The lowest BCUT2D eigenvalue weighted by molar-refractivity contribution is 0.313. The highest BCUT2D eigenvalue weighted by atomic mass is 35.5. The van der Waals surface area contributed by atoms with Crippen molar-refractivity contribution in [2.75, 3.05) is 43.4 Å². The van der Waals surface area contributed by atoms with Crippen LogP contribution in [0, 0.1) is 0 Å². The van der Waals surface area contributed by atoms with Crippen LogP contribution in [0.3, 0.4) is 0 Å². The maximum absolute atomic E-state index is 13.2. The molecule has 1 aliphatic heterocycles. The number of nitrogens with zero attached hydrogens (tertiary/aromatic N) is 5. The van der Waals surface area contributed by atoms with E-state index in [2.05, 4.69) is 44.3 Å². The molecule has 3 heterocycles. The van der Waals surface area contributed by atoms with Gasteiger partial charge in [0.15, 0.2) is 5.65 Å². The van der Waals surface area contributed by atoms with E-state index in [0.717, 1.165) is 35.8 Å². The summed E-state index contributed by atoms with van der Waals surface area (Å²) in [5.74, 6) is 0.309. The molecule has 33 heavy (non-hydrogen) atoms. The standard InChI is InChI=1S/C23H23ClN6O2S/c1-28-12-14-29(15-13-28)19-8-6-18(7-9-19)26-23-25-16-17-10-11-30(22(17)27-23)33(31,32)21-5-3-2-4-20(21)24/h2-11,16H,12-15H2,1H3,(H,25,26,27). The zero-order chi connectivity index (χ0) is 23.0. The maximum Gasteiger partial charge on any atom is 0.270 e. The normalized spacial score (nSPS) is 15.2. The number of nitrogens with one attached hydrogen (secondary N) is 1. The van der Waals surface area contributed by atoms with Crippen molar-refractivity contribution in [1.82, 2.24) is 18.8 Å². The minimum atomic E-state index is -3.91. The minimum Gasteiger partial charge on any atom is -0.369 e. The summed E-state index contributed by atoms with van der Waals surface area (Å²) < 4.78 is 27.5. The van der Waals surface area contributed by atoms with Gasteiger partial charge in [0.25, 0.3) is 10.0 Å². The third-order valence-corrected chi connectivity index (χ3v) is 7.93. The second kappa shape index (κ2) is 8.66. The molecule has 1 saturated heterocycles. The van der Waals surface area contributed by atoms with Gasteiger partial charge in [-0.2, -0.15) is 4.98 Å². The van der Waals surface area contributed by atoms with Crippen LogP contribution in [0.15, 0.2) is 71.9 Å². The molecule has 170 valence electrons. The van der Waals surface area contributed by atoms with Gasteiger partial charge in [0.05, 0.1) is 5.02 Å². The molecule has 5 rings (SSSR count). The number of anilines is 3. The Hall–Kier alpha value is -3.14. The van der Waals surface area contributed by atoms with Crippen molar-refractivity contribution < 1.29 is 8.42 Å². The molecule has 0 aliphatic carbocycles. The van der Waals surface area contributed by atoms with Gasteiger partial charge in [-0.1, -0.05) is 23.7 Å². The van der Waals surface area contributed by atoms with Crippen molar-refractivity contribution in [2.45, 2.75) is 4.90 Å². The van der Waals surface area contributed by atoms with E-state index in [-0.39, 0.29) is 15.6 Å². The quantitative estimate of drug-likeness (QED) is 0.463. The van der Waals surface area contributed by atoms with Gasteiger partial charge in [-0.15, -0.1) is 0 Å². The zero-order valence-electron chi connectivity index (χ0n) is 18.0. The summed E-state index contributed by atoms with van der Waals surface area (Å²) in [6, 6.07) is 16.1. The van der Waals surface area contributed by atoms with Crippen LogP contribution in [-0.2, 0) is 10.0 Å². The van der Waals surface area contributed by atoms with Crippen molar-refractivity contribution in [3.63, 3.8) is 0 Å². The highest BCUT2D eigenvalue weighted by Crippen LogP contribution is 2.27. The van der Waals surface area contributed by atoms with Gasteiger partial charge >= 0.3 is 0 Å². The molecule has 10 heteroatoms. The van der Waals surface area contributed by atoms with Crippen molar-refractivity contribution in [2.24, 2.45) is 0 Å². The summed E-state index contributed by atoms with van der Waals surface area (Å²) >= 11 is 6.15. The maximum atomic E-state index is 13.2. The number of benzene rings is 2. The fraction of sp³-hybridized carbons (Fsp3) is 0.217. The van der Waals surface area contributed by atoms with E-state index in [9.17, 15) is 8.42 Å². The molecule has 0 unspecified atom stereocenters. The van der Waals surface area contributed by atoms with Crippen LogP contribution in [0.5, 0.6) is 0 Å². The van der Waals surface area contributed by atoms with Crippen LogP contribution in [0.1, 0.15) is 0 Å². The Kier molecular flexibility index (Phi) is 5.69. The molecule has 0 spiro atoms. The third kappa shape index (κ3) is 4.27. The second-order valence-electron chi connectivity index (χ2n) is 7.98. The molecule has 2 aromatic heterocycles. The first-order chi connectivity index (χ1) is 15.9. The van der Waals surface area contributed by atoms with E-state index in [1.165, 1.54) is 18.0 Å². The zero-order valence-corrected chi connectivity index (χ0v) is 19.6. The van der Waals surface area contributed by atoms with Crippen LogP contribution in [0.25, 0.3) is 11.0 Å². The summed E-state index contributed by atoms with van der Waals surface area (Å²) in [5.41, 5.74) is 2.27. The Bertz CT molecular complexity index is 1400. The Labute approximate surface area is 197 Å². The van der Waals surface area contributed by atoms with Crippen LogP contribution in [0.2, 0.25) is 5.02 Å². The number of aromatic nitrogens is 3. The molecule has 0 amide bonds. The van der Waals surface area contributed by atoms with E-state index in [0.29, 0.717) is 11.3 Å². The van der Waals surface area contributed by atoms with Crippen molar-refractivity contribution in [1.29, 1.82) is 0 Å². The average molecular weight is 483 g/mol. The highest BCUT2D eigenvalue weighted by molar-refractivity contribution is 7.90. The fourth-order valence-electron chi connectivity index (χ4n) is 3.86. The SMILES string of the molecule is CN1CCN(c2ccc(Nc3ncc4ccn(S(=O)(=O)c5ccccc5Cl)c4n3)cc2)CC1. The first-order valence-corrected chi connectivity index (χ1v) is 12.4. The number of likely N-dealkylation sites (N-methyl/N-ethyl adjacent to an activating group) is 1. The molecule has 0 saturated carbocycles. The molecule has 4 aromatic rings. The number of hydrogen-bond donors (Lipinski definition) is 1. The smallest absolute Gasteiger partial charge is 0.270 e. The Morgan fingerprint density at radius 3 is 2.42 bits per heavy atom. The molecular formula is C23H23ClN6O2S. The third-order valence-electron chi connectivity index (χ3n) is 5.76. The predicted molar refractivity (Wildman–Crippen MR) is 131 cm³/mol. The molecule has 1 N–H and O–H groups in total. The summed E-state index contributed by atoms with van der Waals surface area (Å²) in [5, 5.41) is 3.94. The van der Waals surface area contributed by atoms with Gasteiger partial charge < -0.3 is 15.1 Å². The molecule has 2 aromatic carbocycles. The molecule has 0 radical (unpaired) electrons. The number of rotatable bonds is 5. The lowest BCUT2D eigenvalue weighted by atomic mass is 10.2. The number of fused-ring (bicyclic) bond motifs is 1. The van der Waals surface area contributed by atoms with Crippen LogP contribution in [-0.4, -0.2) is 60.5 Å². The van der Waals surface area contributed by atoms with Gasteiger partial charge in [0, 0.05) is 55.3 Å². The lowest BCUT2D eigenvalue weighted by Gasteiger charge is -2.34. The van der Waals surface area contributed by atoms with E-state index >= 15 is 0 Å². The molecular weight excluding hydrogens is 460 g/mol.